The average molecular weight is 303 g/mol. The summed E-state index contributed by atoms with van der Waals surface area (Å²) >= 11 is 0. The van der Waals surface area contributed by atoms with E-state index in [-0.39, 0.29) is 12.0 Å². The maximum Gasteiger partial charge on any atom is 0.471 e. The number of aryl methyl sites for hydroxylation is 1. The molecule has 0 aliphatic heterocycles. The second kappa shape index (κ2) is 6.15. The van der Waals surface area contributed by atoms with Gasteiger partial charge in [0.05, 0.1) is 0 Å². The van der Waals surface area contributed by atoms with Gasteiger partial charge in [0.25, 0.3) is 0 Å². The number of alkyl halides is 3. The summed E-state index contributed by atoms with van der Waals surface area (Å²) in [6, 6.07) is 6.10. The highest BCUT2D eigenvalue weighted by molar-refractivity contribution is 5.90. The van der Waals surface area contributed by atoms with E-state index in [1.54, 1.807) is 17.4 Å². The van der Waals surface area contributed by atoms with Gasteiger partial charge in [0, 0.05) is 0 Å². The van der Waals surface area contributed by atoms with Crippen molar-refractivity contribution in [1.82, 2.24) is 5.32 Å². The topological polar surface area (TPSA) is 66.4 Å². The Morgan fingerprint density at radius 2 is 1.67 bits per heavy atom. The minimum Gasteiger partial charge on any atom is -0.479 e. The van der Waals surface area contributed by atoms with Crippen LogP contribution in [-0.2, 0) is 21.5 Å². The van der Waals surface area contributed by atoms with Crippen molar-refractivity contribution in [2.24, 2.45) is 0 Å². The van der Waals surface area contributed by atoms with Gasteiger partial charge in [0.15, 0.2) is 5.54 Å². The molecule has 0 heterocycles. The lowest BCUT2D eigenvalue weighted by Crippen LogP contribution is -2.55. The molecule has 4 nitrogen and oxygen atoms in total. The summed E-state index contributed by atoms with van der Waals surface area (Å²) in [5.41, 5.74) is -1.08. The first kappa shape index (κ1) is 17.0. The first-order valence-electron chi connectivity index (χ1n) is 6.39. The van der Waals surface area contributed by atoms with E-state index in [0.29, 0.717) is 6.42 Å². The molecule has 1 atom stereocenters. The first-order valence-corrected chi connectivity index (χ1v) is 6.39. The quantitative estimate of drug-likeness (QED) is 0.878. The van der Waals surface area contributed by atoms with E-state index >= 15 is 0 Å². The van der Waals surface area contributed by atoms with Crippen LogP contribution in [0.2, 0.25) is 0 Å². The predicted molar refractivity (Wildman–Crippen MR) is 69.6 cm³/mol. The maximum absolute atomic E-state index is 12.4. The number of carbonyl (C=O) groups is 2. The third-order valence-electron chi connectivity index (χ3n) is 3.33. The normalized spacial score (nSPS) is 14.3. The molecule has 0 radical (unpaired) electrons. The van der Waals surface area contributed by atoms with Gasteiger partial charge in [0.2, 0.25) is 0 Å². The number of carboxylic acid groups (broad SMARTS) is 1. The Balaban J connectivity index is 3.26. The molecule has 0 aromatic heterocycles. The van der Waals surface area contributed by atoms with E-state index in [1.807, 2.05) is 6.92 Å². The van der Waals surface area contributed by atoms with Crippen molar-refractivity contribution < 1.29 is 27.9 Å². The average Bonchev–Trinajstić information content (AvgIpc) is 2.43. The minimum absolute atomic E-state index is 0.104. The lowest BCUT2D eigenvalue weighted by molar-refractivity contribution is -0.178. The molecule has 0 spiro atoms. The predicted octanol–water partition coefficient (Wildman–Crippen LogP) is 2.62. The Hall–Kier alpha value is -2.05. The highest BCUT2D eigenvalue weighted by Crippen LogP contribution is 2.28. The maximum atomic E-state index is 12.4. The summed E-state index contributed by atoms with van der Waals surface area (Å²) in [6.07, 6.45) is -4.64. The van der Waals surface area contributed by atoms with Crippen molar-refractivity contribution >= 4 is 11.9 Å². The van der Waals surface area contributed by atoms with Crippen molar-refractivity contribution in [1.29, 1.82) is 0 Å². The van der Waals surface area contributed by atoms with E-state index in [9.17, 15) is 27.9 Å². The van der Waals surface area contributed by atoms with Crippen LogP contribution in [-0.4, -0.2) is 23.2 Å². The third-order valence-corrected chi connectivity index (χ3v) is 3.33. The molecular weight excluding hydrogens is 287 g/mol. The molecule has 0 saturated carbocycles. The van der Waals surface area contributed by atoms with Crippen LogP contribution in [0.25, 0.3) is 0 Å². The zero-order valence-corrected chi connectivity index (χ0v) is 11.6. The van der Waals surface area contributed by atoms with Crippen molar-refractivity contribution in [3.63, 3.8) is 0 Å². The molecule has 7 heteroatoms. The molecular formula is C14H16F3NO3. The van der Waals surface area contributed by atoms with Crippen molar-refractivity contribution in [3.05, 3.63) is 35.4 Å². The lowest BCUT2D eigenvalue weighted by Gasteiger charge is -2.30. The second-order valence-corrected chi connectivity index (χ2v) is 4.57. The van der Waals surface area contributed by atoms with Gasteiger partial charge < -0.3 is 10.4 Å². The molecule has 0 fully saturated rings. The number of nitrogens with one attached hydrogen (secondary N) is 1. The monoisotopic (exact) mass is 303 g/mol. The van der Waals surface area contributed by atoms with Gasteiger partial charge in [0.1, 0.15) is 0 Å². The number of halogens is 3. The Kier molecular flexibility index (Phi) is 4.98. The van der Waals surface area contributed by atoms with Gasteiger partial charge >= 0.3 is 18.1 Å². The van der Waals surface area contributed by atoms with E-state index < -0.39 is 23.6 Å². The van der Waals surface area contributed by atoms with Crippen LogP contribution < -0.4 is 5.32 Å². The Labute approximate surface area is 120 Å². The third kappa shape index (κ3) is 3.53. The van der Waals surface area contributed by atoms with Crippen molar-refractivity contribution in [2.45, 2.75) is 38.4 Å². The number of benzene rings is 1. The fourth-order valence-electron chi connectivity index (χ4n) is 1.98. The van der Waals surface area contributed by atoms with Crippen LogP contribution in [0.1, 0.15) is 31.4 Å². The van der Waals surface area contributed by atoms with Gasteiger partial charge in [-0.25, -0.2) is 4.79 Å². The largest absolute Gasteiger partial charge is 0.479 e. The fraction of sp³-hybridized carbons (Fsp3) is 0.429. The second-order valence-electron chi connectivity index (χ2n) is 4.57. The van der Waals surface area contributed by atoms with Crippen molar-refractivity contribution in [2.75, 3.05) is 0 Å². The van der Waals surface area contributed by atoms with Crippen molar-refractivity contribution in [3.8, 4) is 0 Å². The van der Waals surface area contributed by atoms with Gasteiger partial charge in [-0.3, -0.25) is 4.79 Å². The molecule has 1 rings (SSSR count). The number of aliphatic carboxylic acids is 1. The summed E-state index contributed by atoms with van der Waals surface area (Å²) in [4.78, 5) is 22.6. The molecule has 0 bridgehead atoms. The molecule has 1 unspecified atom stereocenters. The Morgan fingerprint density at radius 1 is 1.14 bits per heavy atom. The van der Waals surface area contributed by atoms with Gasteiger partial charge in [-0.2, -0.15) is 13.2 Å². The number of carboxylic acids is 1. The summed E-state index contributed by atoms with van der Waals surface area (Å²) < 4.78 is 37.2. The standard InChI is InChI=1S/C14H16F3NO3/c1-3-9-5-7-10(8-6-9)13(4-2,12(20)21)18-11(19)14(15,16)17/h5-8H,3-4H2,1-2H3,(H,18,19)(H,20,21). The number of rotatable bonds is 5. The zero-order chi connectivity index (χ0) is 16.3. The molecule has 116 valence electrons. The van der Waals surface area contributed by atoms with Gasteiger partial charge in [-0.15, -0.1) is 0 Å². The van der Waals surface area contributed by atoms with E-state index in [4.69, 9.17) is 0 Å². The van der Waals surface area contributed by atoms with E-state index in [1.165, 1.54) is 19.1 Å². The van der Waals surface area contributed by atoms with Crippen LogP contribution in [0.15, 0.2) is 24.3 Å². The molecule has 21 heavy (non-hydrogen) atoms. The minimum atomic E-state index is -5.14. The Morgan fingerprint density at radius 3 is 2.00 bits per heavy atom. The molecule has 0 saturated heterocycles. The first-order chi connectivity index (χ1) is 9.67. The SMILES string of the molecule is CCc1ccc(C(CC)(NC(=O)C(F)(F)F)C(=O)O)cc1. The number of hydrogen-bond donors (Lipinski definition) is 2. The summed E-state index contributed by atoms with van der Waals surface area (Å²) in [7, 11) is 0. The lowest BCUT2D eigenvalue weighted by atomic mass is 9.86. The molecule has 0 aliphatic carbocycles. The molecule has 1 amide bonds. The summed E-state index contributed by atoms with van der Waals surface area (Å²) in [5.74, 6) is -3.81. The summed E-state index contributed by atoms with van der Waals surface area (Å²) in [6.45, 7) is 3.29. The van der Waals surface area contributed by atoms with E-state index in [0.717, 1.165) is 5.56 Å². The fourth-order valence-corrected chi connectivity index (χ4v) is 1.98. The Bertz CT molecular complexity index is 525. The van der Waals surface area contributed by atoms with Gasteiger partial charge in [-0.1, -0.05) is 38.1 Å². The van der Waals surface area contributed by atoms with Crippen LogP contribution in [0.4, 0.5) is 13.2 Å². The highest BCUT2D eigenvalue weighted by Gasteiger charge is 2.47. The number of hydrogen-bond acceptors (Lipinski definition) is 2. The molecule has 1 aromatic rings. The zero-order valence-electron chi connectivity index (χ0n) is 11.6. The number of amides is 1. The van der Waals surface area contributed by atoms with Crippen LogP contribution >= 0.6 is 0 Å². The number of carbonyl (C=O) groups excluding carboxylic acids is 1. The molecule has 2 N–H and O–H groups in total. The smallest absolute Gasteiger partial charge is 0.471 e. The van der Waals surface area contributed by atoms with Crippen LogP contribution in [0.5, 0.6) is 0 Å². The van der Waals surface area contributed by atoms with Crippen LogP contribution in [0.3, 0.4) is 0 Å². The highest BCUT2D eigenvalue weighted by atomic mass is 19.4. The van der Waals surface area contributed by atoms with Gasteiger partial charge in [-0.05, 0) is 24.0 Å². The molecule has 1 aromatic carbocycles. The van der Waals surface area contributed by atoms with E-state index in [2.05, 4.69) is 0 Å². The molecule has 0 aliphatic rings. The van der Waals surface area contributed by atoms with Crippen LogP contribution in [0, 0.1) is 0 Å². The summed E-state index contributed by atoms with van der Waals surface area (Å²) in [5, 5.41) is 10.9.